The van der Waals surface area contributed by atoms with Gasteiger partial charge in [0.1, 0.15) is 0 Å². The zero-order valence-electron chi connectivity index (χ0n) is 13.4. The molecule has 6 heteroatoms. The van der Waals surface area contributed by atoms with E-state index >= 15 is 0 Å². The van der Waals surface area contributed by atoms with Crippen molar-refractivity contribution in [3.63, 3.8) is 0 Å². The molecular weight excluding hydrogens is 450 g/mol. The van der Waals surface area contributed by atoms with E-state index in [-0.39, 0.29) is 49.0 Å². The third kappa shape index (κ3) is 32.2. The summed E-state index contributed by atoms with van der Waals surface area (Å²) >= 11 is 5.87. The first kappa shape index (κ1) is 33.7. The van der Waals surface area contributed by atoms with Crippen LogP contribution in [-0.4, -0.2) is 47.0 Å². The molecule has 0 bridgehead atoms. The van der Waals surface area contributed by atoms with Gasteiger partial charge in [-0.25, -0.2) is 0 Å². The van der Waals surface area contributed by atoms with Crippen LogP contribution in [0.25, 0.3) is 0 Å². The van der Waals surface area contributed by atoms with Crippen molar-refractivity contribution < 1.29 is 35.0 Å². The number of hydrogen-bond acceptors (Lipinski definition) is 2. The minimum Gasteiger partial charge on any atom is 2.00 e. The normalized spacial score (nSPS) is 15.7. The van der Waals surface area contributed by atoms with E-state index < -0.39 is 0 Å². The predicted molar refractivity (Wildman–Crippen MR) is 91.3 cm³/mol. The molecule has 0 amide bonds. The van der Waals surface area contributed by atoms with Gasteiger partial charge in [0, 0.05) is 0 Å². The summed E-state index contributed by atoms with van der Waals surface area (Å²) in [6.45, 7) is 7.39. The molecule has 2 nitrogen and oxygen atoms in total. The number of hydrogen-bond donors (Lipinski definition) is 1. The molecular formula is C14H31ClCuIMgO2. The van der Waals surface area contributed by atoms with Crippen molar-refractivity contribution in [3.8, 4) is 0 Å². The third-order valence-electron chi connectivity index (χ3n) is 2.64. The molecule has 0 unspecified atom stereocenters. The first-order valence-electron chi connectivity index (χ1n) is 6.65. The molecule has 126 valence electrons. The minimum absolute atomic E-state index is 0. The molecule has 1 fully saturated rings. The molecule has 1 N–H and O–H groups in total. The second-order valence-corrected chi connectivity index (χ2v) is 4.30. The molecule has 0 aliphatic carbocycles. The summed E-state index contributed by atoms with van der Waals surface area (Å²) in [6, 6.07) is 0. The van der Waals surface area contributed by atoms with Crippen LogP contribution in [0, 0.1) is 7.43 Å². The van der Waals surface area contributed by atoms with E-state index in [9.17, 15) is 0 Å². The Morgan fingerprint density at radius 2 is 1.65 bits per heavy atom. The summed E-state index contributed by atoms with van der Waals surface area (Å²) in [5, 5.41) is 8.99. The van der Waals surface area contributed by atoms with Crippen LogP contribution >= 0.6 is 20.3 Å². The van der Waals surface area contributed by atoms with Crippen LogP contribution in [0.15, 0.2) is 0 Å². The van der Waals surface area contributed by atoms with Gasteiger partial charge in [0.2, 0.25) is 0 Å². The van der Waals surface area contributed by atoms with Crippen LogP contribution in [0.5, 0.6) is 0 Å². The van der Waals surface area contributed by atoms with Gasteiger partial charge in [-0.05, 0) is 19.3 Å². The van der Waals surface area contributed by atoms with Crippen LogP contribution in [0.2, 0.25) is 0 Å². The SMILES string of the molecule is CCCC[C@@H]1CO1.CCCC[C@H](O)CC.[CH3-].[Cl-].[Cu][I].[Mg+2]. The monoisotopic (exact) mass is 480 g/mol. The molecule has 0 spiro atoms. The zero-order valence-corrected chi connectivity index (χ0v) is 18.7. The van der Waals surface area contributed by atoms with Crippen molar-refractivity contribution in [3.05, 3.63) is 7.43 Å². The van der Waals surface area contributed by atoms with E-state index in [1.165, 1.54) is 25.7 Å². The van der Waals surface area contributed by atoms with Gasteiger partial charge in [-0.2, -0.15) is 0 Å². The van der Waals surface area contributed by atoms with Crippen molar-refractivity contribution in [1.82, 2.24) is 0 Å². The summed E-state index contributed by atoms with van der Waals surface area (Å²) in [5.74, 6) is 0. The zero-order chi connectivity index (χ0) is 13.5. The van der Waals surface area contributed by atoms with Gasteiger partial charge in [-0.15, -0.1) is 0 Å². The van der Waals surface area contributed by atoms with Gasteiger partial charge in [0.15, 0.2) is 0 Å². The van der Waals surface area contributed by atoms with E-state index in [0.717, 1.165) is 25.9 Å². The molecule has 1 aliphatic rings. The van der Waals surface area contributed by atoms with Gasteiger partial charge < -0.3 is 29.7 Å². The summed E-state index contributed by atoms with van der Waals surface area (Å²) in [4.78, 5) is 0. The van der Waals surface area contributed by atoms with Crippen molar-refractivity contribution in [2.45, 2.75) is 77.9 Å². The van der Waals surface area contributed by atoms with E-state index in [0.29, 0.717) is 6.10 Å². The van der Waals surface area contributed by atoms with Gasteiger partial charge >= 0.3 is 56.2 Å². The fourth-order valence-electron chi connectivity index (χ4n) is 1.31. The van der Waals surface area contributed by atoms with Crippen molar-refractivity contribution in [2.24, 2.45) is 0 Å². The molecule has 0 saturated carbocycles. The number of aliphatic hydroxyl groups is 1. The molecule has 0 aromatic heterocycles. The average molecular weight is 482 g/mol. The van der Waals surface area contributed by atoms with Crippen LogP contribution in [-0.2, 0) is 17.5 Å². The maximum Gasteiger partial charge on any atom is 2.00 e. The molecule has 0 aromatic rings. The summed E-state index contributed by atoms with van der Waals surface area (Å²) in [6.07, 6.45) is 8.77. The molecule has 20 heavy (non-hydrogen) atoms. The van der Waals surface area contributed by atoms with E-state index in [2.05, 4.69) is 26.6 Å². The van der Waals surface area contributed by atoms with Gasteiger partial charge in [-0.1, -0.05) is 46.5 Å². The third-order valence-corrected chi connectivity index (χ3v) is 2.64. The topological polar surface area (TPSA) is 32.8 Å². The van der Waals surface area contributed by atoms with Gasteiger partial charge in [-0.3, -0.25) is 0 Å². The van der Waals surface area contributed by atoms with Crippen LogP contribution in [0.1, 0.15) is 65.7 Å². The average Bonchev–Trinajstić information content (AvgIpc) is 3.20. The standard InChI is InChI=1S/C7H16O.C6H12O.CH3.ClH.Cu.HI.Mg/c1-3-5-6-7(8)4-2;1-2-3-4-6-5-7-6;;;;;/h7-8H,3-6H2,1-2H3;6H,2-5H2,1H3;1H3;1H;;1H;/q;;-1;;+1;;+2/p-2/t7-;6-;;;;;/m11...../s1. The Morgan fingerprint density at radius 3 is 1.95 bits per heavy atom. The quantitative estimate of drug-likeness (QED) is 0.259. The van der Waals surface area contributed by atoms with Crippen molar-refractivity contribution in [1.29, 1.82) is 0 Å². The summed E-state index contributed by atoms with van der Waals surface area (Å²) < 4.78 is 5.01. The van der Waals surface area contributed by atoms with E-state index in [1.807, 2.05) is 6.92 Å². The fraction of sp³-hybridized carbons (Fsp3) is 0.929. The van der Waals surface area contributed by atoms with Crippen LogP contribution in [0.3, 0.4) is 0 Å². The maximum atomic E-state index is 8.99. The summed E-state index contributed by atoms with van der Waals surface area (Å²) in [7, 11) is 0. The Balaban J connectivity index is -0.0000000589. The molecule has 0 radical (unpaired) electrons. The van der Waals surface area contributed by atoms with Crippen LogP contribution < -0.4 is 12.4 Å². The smallest absolute Gasteiger partial charge is 2.00 e. The second kappa shape index (κ2) is 29.3. The summed E-state index contributed by atoms with van der Waals surface area (Å²) in [5.41, 5.74) is 0. The Labute approximate surface area is 169 Å². The van der Waals surface area contributed by atoms with Crippen LogP contribution in [0.4, 0.5) is 0 Å². The fourth-order valence-corrected chi connectivity index (χ4v) is 1.31. The number of epoxide rings is 1. The van der Waals surface area contributed by atoms with Crippen molar-refractivity contribution in [2.75, 3.05) is 6.61 Å². The second-order valence-electron chi connectivity index (χ2n) is 4.30. The number of rotatable bonds is 7. The first-order valence-corrected chi connectivity index (χ1v) is 9.69. The Kier molecular flexibility index (Phi) is 49.4. The Bertz CT molecular complexity index is 144. The van der Waals surface area contributed by atoms with E-state index in [1.54, 1.807) is 20.3 Å². The largest absolute Gasteiger partial charge is 2.00 e. The maximum absolute atomic E-state index is 8.99. The molecule has 1 aliphatic heterocycles. The van der Waals surface area contributed by atoms with Gasteiger partial charge in [0.25, 0.3) is 0 Å². The van der Waals surface area contributed by atoms with Crippen molar-refractivity contribution >= 4 is 43.4 Å². The molecule has 1 rings (SSSR count). The molecule has 2 atom stereocenters. The minimum atomic E-state index is -0.0463. The molecule has 1 saturated heterocycles. The number of aliphatic hydroxyl groups excluding tert-OH is 1. The molecule has 1 heterocycles. The number of halogens is 2. The van der Waals surface area contributed by atoms with E-state index in [4.69, 9.17) is 9.84 Å². The Hall–Kier alpha value is 2.23. The Morgan fingerprint density at radius 1 is 1.20 bits per heavy atom. The predicted octanol–water partition coefficient (Wildman–Crippen LogP) is 1.48. The number of unbranched alkanes of at least 4 members (excludes halogenated alkanes) is 2. The number of ether oxygens (including phenoxy) is 1. The first-order chi connectivity index (χ1) is 8.24. The van der Waals surface area contributed by atoms with Gasteiger partial charge in [0.05, 0.1) is 18.8 Å². The molecule has 0 aromatic carbocycles.